The first kappa shape index (κ1) is 17.5. The molecule has 20 heavy (non-hydrogen) atoms. The molecule has 1 aromatic heterocycles. The first-order valence-corrected chi connectivity index (χ1v) is 8.17. The van der Waals surface area contributed by atoms with E-state index in [0.29, 0.717) is 5.92 Å². The van der Waals surface area contributed by atoms with Crippen molar-refractivity contribution in [2.75, 3.05) is 20.6 Å². The molecule has 1 fully saturated rings. The minimum absolute atomic E-state index is 0. The van der Waals surface area contributed by atoms with Gasteiger partial charge in [0.25, 0.3) is 0 Å². The maximum atomic E-state index is 9.95. The normalized spacial score (nSPS) is 19.1. The summed E-state index contributed by atoms with van der Waals surface area (Å²) in [4.78, 5) is 3.48. The Labute approximate surface area is 133 Å². The highest BCUT2D eigenvalue weighted by atomic mass is 35.5. The van der Waals surface area contributed by atoms with Gasteiger partial charge in [0.05, 0.1) is 11.5 Å². The van der Waals surface area contributed by atoms with Gasteiger partial charge in [-0.05, 0) is 57.3 Å². The minimum atomic E-state index is -0.251. The largest absolute Gasteiger partial charge is 0.309 e. The van der Waals surface area contributed by atoms with Crippen LogP contribution in [0, 0.1) is 17.2 Å². The number of rotatable bonds is 5. The van der Waals surface area contributed by atoms with Crippen LogP contribution in [0.1, 0.15) is 43.4 Å². The van der Waals surface area contributed by atoms with Crippen molar-refractivity contribution in [3.8, 4) is 6.07 Å². The van der Waals surface area contributed by atoms with Crippen LogP contribution in [0.25, 0.3) is 0 Å². The molecule has 1 saturated carbocycles. The number of nitriles is 1. The van der Waals surface area contributed by atoms with Crippen molar-refractivity contribution in [2.24, 2.45) is 5.92 Å². The quantitative estimate of drug-likeness (QED) is 0.802. The molecule has 1 unspecified atom stereocenters. The summed E-state index contributed by atoms with van der Waals surface area (Å²) in [6.07, 6.45) is 7.33. The van der Waals surface area contributed by atoms with Crippen LogP contribution < -0.4 is 0 Å². The molecule has 0 spiro atoms. The topological polar surface area (TPSA) is 27.0 Å². The van der Waals surface area contributed by atoms with Crippen molar-refractivity contribution < 1.29 is 0 Å². The number of thiophene rings is 1. The number of hydrogen-bond donors (Lipinski definition) is 0. The van der Waals surface area contributed by atoms with E-state index in [0.717, 1.165) is 13.0 Å². The number of hydrogen-bond acceptors (Lipinski definition) is 3. The molecule has 0 amide bonds. The predicted octanol–water partition coefficient (Wildman–Crippen LogP) is 4.46. The van der Waals surface area contributed by atoms with Gasteiger partial charge in [-0.1, -0.05) is 25.3 Å². The molecule has 0 radical (unpaired) electrons. The summed E-state index contributed by atoms with van der Waals surface area (Å²) in [6, 6.07) is 6.98. The van der Waals surface area contributed by atoms with Crippen LogP contribution in [0.4, 0.5) is 0 Å². The van der Waals surface area contributed by atoms with Gasteiger partial charge >= 0.3 is 0 Å². The lowest BCUT2D eigenvalue weighted by molar-refractivity contribution is 0.223. The van der Waals surface area contributed by atoms with E-state index in [-0.39, 0.29) is 17.8 Å². The van der Waals surface area contributed by atoms with Crippen LogP contribution in [0.2, 0.25) is 0 Å². The molecule has 1 aromatic rings. The molecule has 0 aromatic carbocycles. The molecule has 1 atom stereocenters. The monoisotopic (exact) mass is 312 g/mol. The van der Waals surface area contributed by atoms with Crippen molar-refractivity contribution >= 4 is 23.7 Å². The smallest absolute Gasteiger partial charge is 0.0954 e. The molecule has 4 heteroatoms. The Morgan fingerprint density at radius 2 is 2.05 bits per heavy atom. The number of nitrogens with zero attached hydrogens (tertiary/aromatic N) is 2. The maximum absolute atomic E-state index is 9.95. The molecule has 1 aliphatic carbocycles. The van der Waals surface area contributed by atoms with Crippen LogP contribution in [-0.4, -0.2) is 25.5 Å². The van der Waals surface area contributed by atoms with Crippen LogP contribution in [0.3, 0.4) is 0 Å². The summed E-state index contributed by atoms with van der Waals surface area (Å²) in [7, 11) is 4.19. The van der Waals surface area contributed by atoms with Gasteiger partial charge in [-0.15, -0.1) is 23.7 Å². The van der Waals surface area contributed by atoms with Gasteiger partial charge in [0, 0.05) is 4.88 Å². The average Bonchev–Trinajstić information content (AvgIpc) is 2.96. The second kappa shape index (κ2) is 8.02. The Kier molecular flexibility index (Phi) is 7.02. The lowest BCUT2D eigenvalue weighted by Gasteiger charge is -2.37. The van der Waals surface area contributed by atoms with E-state index < -0.39 is 0 Å². The van der Waals surface area contributed by atoms with Gasteiger partial charge in [-0.25, -0.2) is 0 Å². The predicted molar refractivity (Wildman–Crippen MR) is 88.6 cm³/mol. The van der Waals surface area contributed by atoms with Gasteiger partial charge in [0.15, 0.2) is 0 Å². The van der Waals surface area contributed by atoms with Gasteiger partial charge in [-0.2, -0.15) is 5.26 Å². The van der Waals surface area contributed by atoms with Gasteiger partial charge in [-0.3, -0.25) is 0 Å². The van der Waals surface area contributed by atoms with Gasteiger partial charge in [0.1, 0.15) is 0 Å². The van der Waals surface area contributed by atoms with Gasteiger partial charge < -0.3 is 4.90 Å². The van der Waals surface area contributed by atoms with E-state index >= 15 is 0 Å². The lowest BCUT2D eigenvalue weighted by atomic mass is 9.67. The third-order valence-electron chi connectivity index (χ3n) is 4.42. The summed E-state index contributed by atoms with van der Waals surface area (Å²) in [6.45, 7) is 0.988. The second-order valence-corrected chi connectivity index (χ2v) is 6.90. The molecule has 1 aliphatic rings. The first-order chi connectivity index (χ1) is 9.19. The Bertz CT molecular complexity index is 418. The molecule has 0 N–H and O–H groups in total. The fraction of sp³-hybridized carbons (Fsp3) is 0.688. The summed E-state index contributed by atoms with van der Waals surface area (Å²) < 4.78 is 0. The molecule has 0 saturated heterocycles. The van der Waals surface area contributed by atoms with Crippen LogP contribution >= 0.6 is 23.7 Å². The lowest BCUT2D eigenvalue weighted by Crippen LogP contribution is -2.37. The maximum Gasteiger partial charge on any atom is 0.0954 e. The zero-order valence-corrected chi connectivity index (χ0v) is 14.1. The SMILES string of the molecule is CN(C)CCC(C#N)(c1cccs1)C1CCCCC1.Cl. The van der Waals surface area contributed by atoms with Crippen molar-refractivity contribution in [3.63, 3.8) is 0 Å². The van der Waals surface area contributed by atoms with Crippen molar-refractivity contribution in [1.29, 1.82) is 5.26 Å². The van der Waals surface area contributed by atoms with E-state index in [1.165, 1.54) is 37.0 Å². The Morgan fingerprint density at radius 1 is 1.35 bits per heavy atom. The van der Waals surface area contributed by atoms with E-state index in [9.17, 15) is 5.26 Å². The van der Waals surface area contributed by atoms with Crippen molar-refractivity contribution in [2.45, 2.75) is 43.9 Å². The van der Waals surface area contributed by atoms with E-state index in [4.69, 9.17) is 0 Å². The molecule has 2 rings (SSSR count). The minimum Gasteiger partial charge on any atom is -0.309 e. The molecule has 112 valence electrons. The summed E-state index contributed by atoms with van der Waals surface area (Å²) in [5.74, 6) is 0.546. The molecule has 0 aliphatic heterocycles. The van der Waals surface area contributed by atoms with Gasteiger partial charge in [0.2, 0.25) is 0 Å². The summed E-state index contributed by atoms with van der Waals surface area (Å²) in [5.41, 5.74) is -0.251. The van der Waals surface area contributed by atoms with E-state index in [1.807, 2.05) is 0 Å². The molecule has 2 nitrogen and oxygen atoms in total. The van der Waals surface area contributed by atoms with Crippen molar-refractivity contribution in [3.05, 3.63) is 22.4 Å². The highest BCUT2D eigenvalue weighted by molar-refractivity contribution is 7.10. The molecular formula is C16H25ClN2S. The zero-order valence-electron chi connectivity index (χ0n) is 12.5. The third-order valence-corrected chi connectivity index (χ3v) is 5.46. The van der Waals surface area contributed by atoms with E-state index in [1.54, 1.807) is 11.3 Å². The Balaban J connectivity index is 0.00000200. The van der Waals surface area contributed by atoms with Crippen LogP contribution in [0.15, 0.2) is 17.5 Å². The average molecular weight is 313 g/mol. The molecular weight excluding hydrogens is 288 g/mol. The summed E-state index contributed by atoms with van der Waals surface area (Å²) in [5, 5.41) is 12.1. The Hall–Kier alpha value is -0.560. The number of halogens is 1. The van der Waals surface area contributed by atoms with Crippen molar-refractivity contribution in [1.82, 2.24) is 4.90 Å². The fourth-order valence-corrected chi connectivity index (χ4v) is 4.24. The fourth-order valence-electron chi connectivity index (χ4n) is 3.26. The third kappa shape index (κ3) is 3.75. The highest BCUT2D eigenvalue weighted by Gasteiger charge is 2.41. The van der Waals surface area contributed by atoms with Crippen LogP contribution in [0.5, 0.6) is 0 Å². The Morgan fingerprint density at radius 3 is 2.55 bits per heavy atom. The summed E-state index contributed by atoms with van der Waals surface area (Å²) >= 11 is 1.76. The second-order valence-electron chi connectivity index (χ2n) is 5.95. The van der Waals surface area contributed by atoms with Crippen LogP contribution in [-0.2, 0) is 5.41 Å². The van der Waals surface area contributed by atoms with E-state index in [2.05, 4.69) is 42.6 Å². The highest BCUT2D eigenvalue weighted by Crippen LogP contribution is 2.44. The molecule has 1 heterocycles. The molecule has 0 bridgehead atoms. The first-order valence-electron chi connectivity index (χ1n) is 7.29. The standard InChI is InChI=1S/C16H24N2S.ClH/c1-18(2)11-10-16(13-17,15-9-6-12-19-15)14-7-4-3-5-8-14;/h6,9,12,14H,3-5,7-8,10-11H2,1-2H3;1H. The zero-order chi connectivity index (χ0) is 13.7.